The van der Waals surface area contributed by atoms with Crippen molar-refractivity contribution in [1.29, 1.82) is 0 Å². The zero-order valence-corrected chi connectivity index (χ0v) is 14.0. The minimum Gasteiger partial charge on any atom is -0.322 e. The van der Waals surface area contributed by atoms with Gasteiger partial charge in [-0.3, -0.25) is 4.68 Å². The molecule has 2 aliphatic rings. The summed E-state index contributed by atoms with van der Waals surface area (Å²) >= 11 is 3.64. The van der Waals surface area contributed by atoms with Gasteiger partial charge in [0.2, 0.25) is 0 Å². The molecular weight excluding hydrogens is 316 g/mol. The van der Waals surface area contributed by atoms with Gasteiger partial charge in [-0.1, -0.05) is 6.92 Å². The molecule has 2 aliphatic heterocycles. The van der Waals surface area contributed by atoms with Crippen LogP contribution in [0.15, 0.2) is 10.7 Å². The van der Waals surface area contributed by atoms with Gasteiger partial charge in [0.25, 0.3) is 0 Å². The highest BCUT2D eigenvalue weighted by molar-refractivity contribution is 9.10. The topological polar surface area (TPSA) is 47.1 Å². The first kappa shape index (κ1) is 14.5. The largest absolute Gasteiger partial charge is 0.322 e. The number of nitrogens with zero attached hydrogens (tertiary/aromatic N) is 3. The van der Waals surface area contributed by atoms with Crippen molar-refractivity contribution in [3.8, 4) is 0 Å². The molecule has 112 valence electrons. The van der Waals surface area contributed by atoms with Gasteiger partial charge in [0.1, 0.15) is 0 Å². The molecule has 3 rings (SSSR count). The first-order valence-electron chi connectivity index (χ1n) is 7.80. The van der Waals surface area contributed by atoms with Crippen LogP contribution in [-0.4, -0.2) is 33.8 Å². The zero-order valence-electron chi connectivity index (χ0n) is 12.4. The van der Waals surface area contributed by atoms with Crippen LogP contribution in [0.25, 0.3) is 0 Å². The zero-order chi connectivity index (χ0) is 14.3. The van der Waals surface area contributed by atoms with Gasteiger partial charge in [-0.15, -0.1) is 0 Å². The van der Waals surface area contributed by atoms with Crippen LogP contribution in [0.2, 0.25) is 0 Å². The third kappa shape index (κ3) is 2.44. The van der Waals surface area contributed by atoms with Crippen LogP contribution in [0.5, 0.6) is 0 Å². The minimum atomic E-state index is 0.107. The number of rotatable bonds is 4. The number of aryl methyl sites for hydroxylation is 1. The van der Waals surface area contributed by atoms with E-state index in [1.54, 1.807) is 0 Å². The number of aromatic nitrogens is 2. The predicted molar refractivity (Wildman–Crippen MR) is 84.4 cm³/mol. The van der Waals surface area contributed by atoms with Gasteiger partial charge >= 0.3 is 0 Å². The molecule has 0 radical (unpaired) electrons. The highest BCUT2D eigenvalue weighted by Crippen LogP contribution is 2.42. The van der Waals surface area contributed by atoms with E-state index in [9.17, 15) is 0 Å². The second-order valence-corrected chi connectivity index (χ2v) is 7.26. The third-order valence-electron chi connectivity index (χ3n) is 5.23. The van der Waals surface area contributed by atoms with Crippen LogP contribution in [-0.2, 0) is 6.54 Å². The summed E-state index contributed by atoms with van der Waals surface area (Å²) in [5.41, 5.74) is 7.83. The summed E-state index contributed by atoms with van der Waals surface area (Å²) in [6.45, 7) is 3.13. The van der Waals surface area contributed by atoms with Crippen molar-refractivity contribution >= 4 is 15.9 Å². The smallest absolute Gasteiger partial charge is 0.0696 e. The summed E-state index contributed by atoms with van der Waals surface area (Å²) in [4.78, 5) is 2.57. The van der Waals surface area contributed by atoms with Crippen molar-refractivity contribution in [3.05, 3.63) is 16.4 Å². The lowest BCUT2D eigenvalue weighted by Gasteiger charge is -2.39. The third-order valence-corrected chi connectivity index (χ3v) is 5.84. The molecule has 0 aromatic carbocycles. The van der Waals surface area contributed by atoms with Crippen molar-refractivity contribution < 1.29 is 0 Å². The fraction of sp³-hybridized carbons (Fsp3) is 0.800. The Balaban J connectivity index is 1.79. The van der Waals surface area contributed by atoms with Gasteiger partial charge in [-0.25, -0.2) is 0 Å². The quantitative estimate of drug-likeness (QED) is 0.916. The number of piperidine rings is 1. The van der Waals surface area contributed by atoms with Crippen LogP contribution in [0.1, 0.15) is 50.8 Å². The summed E-state index contributed by atoms with van der Waals surface area (Å²) in [6.07, 6.45) is 8.15. The normalized spacial score (nSPS) is 31.7. The van der Waals surface area contributed by atoms with Crippen LogP contribution in [0, 0.1) is 5.92 Å². The molecule has 1 aromatic rings. The summed E-state index contributed by atoms with van der Waals surface area (Å²) < 4.78 is 3.17. The molecule has 1 aromatic heterocycles. The first-order chi connectivity index (χ1) is 9.61. The summed E-state index contributed by atoms with van der Waals surface area (Å²) in [6, 6.07) is 1.59. The lowest BCUT2D eigenvalue weighted by molar-refractivity contribution is 0.119. The van der Waals surface area contributed by atoms with Crippen molar-refractivity contribution in [1.82, 2.24) is 14.7 Å². The second kappa shape index (κ2) is 5.78. The number of nitrogens with two attached hydrogens (primary N) is 1. The Hall–Kier alpha value is -0.390. The van der Waals surface area contributed by atoms with E-state index in [0.717, 1.165) is 29.5 Å². The molecule has 3 atom stereocenters. The standard InChI is InChI=1S/C15H25BrN4/c1-3-6-20-15(13(16)9-18-20)14(17)10-7-11-4-5-12(8-10)19(11)2/h9-12,14H,3-8,17H2,1-2H3. The van der Waals surface area contributed by atoms with Gasteiger partial charge in [-0.2, -0.15) is 5.10 Å². The van der Waals surface area contributed by atoms with Gasteiger partial charge in [0.05, 0.1) is 22.4 Å². The lowest BCUT2D eigenvalue weighted by Crippen LogP contribution is -2.43. The lowest BCUT2D eigenvalue weighted by atomic mass is 9.84. The molecule has 20 heavy (non-hydrogen) atoms. The molecule has 4 nitrogen and oxygen atoms in total. The van der Waals surface area contributed by atoms with E-state index in [1.807, 2.05) is 6.20 Å². The van der Waals surface area contributed by atoms with E-state index in [1.165, 1.54) is 31.4 Å². The van der Waals surface area contributed by atoms with E-state index < -0.39 is 0 Å². The molecule has 2 bridgehead atoms. The Morgan fingerprint density at radius 2 is 2.05 bits per heavy atom. The Morgan fingerprint density at radius 3 is 2.65 bits per heavy atom. The number of hydrogen-bond acceptors (Lipinski definition) is 3. The van der Waals surface area contributed by atoms with Crippen LogP contribution >= 0.6 is 15.9 Å². The molecule has 2 saturated heterocycles. The maximum absolute atomic E-state index is 6.63. The predicted octanol–water partition coefficient (Wildman–Crippen LogP) is 2.93. The van der Waals surface area contributed by atoms with Crippen molar-refractivity contribution in [2.24, 2.45) is 11.7 Å². The number of fused-ring (bicyclic) bond motifs is 2. The van der Waals surface area contributed by atoms with E-state index in [0.29, 0.717) is 5.92 Å². The van der Waals surface area contributed by atoms with Gasteiger partial charge < -0.3 is 10.6 Å². The molecule has 2 N–H and O–H groups in total. The first-order valence-corrected chi connectivity index (χ1v) is 8.59. The molecule has 3 heterocycles. The summed E-state index contributed by atoms with van der Waals surface area (Å²) in [5, 5.41) is 4.47. The van der Waals surface area contributed by atoms with E-state index in [4.69, 9.17) is 5.73 Å². The van der Waals surface area contributed by atoms with Gasteiger partial charge in [-0.05, 0) is 61.0 Å². The average molecular weight is 341 g/mol. The fourth-order valence-corrected chi connectivity index (χ4v) is 4.62. The Kier molecular flexibility index (Phi) is 4.20. The maximum Gasteiger partial charge on any atom is 0.0696 e. The molecule has 0 aliphatic carbocycles. The van der Waals surface area contributed by atoms with Gasteiger partial charge in [0.15, 0.2) is 0 Å². The molecule has 0 amide bonds. The SMILES string of the molecule is CCCn1ncc(Br)c1C(N)C1CC2CCC(C1)N2C. The molecule has 0 spiro atoms. The van der Waals surface area contributed by atoms with E-state index in [-0.39, 0.29) is 6.04 Å². The molecule has 0 saturated carbocycles. The second-order valence-electron chi connectivity index (χ2n) is 6.41. The van der Waals surface area contributed by atoms with E-state index in [2.05, 4.69) is 44.6 Å². The maximum atomic E-state index is 6.63. The molecular formula is C15H25BrN4. The number of hydrogen-bond donors (Lipinski definition) is 1. The average Bonchev–Trinajstić information content (AvgIpc) is 2.86. The van der Waals surface area contributed by atoms with Gasteiger partial charge in [0, 0.05) is 18.6 Å². The van der Waals surface area contributed by atoms with Crippen LogP contribution in [0.4, 0.5) is 0 Å². The summed E-state index contributed by atoms with van der Waals surface area (Å²) in [5.74, 6) is 0.590. The Labute approximate surface area is 129 Å². The van der Waals surface area contributed by atoms with Crippen molar-refractivity contribution in [3.63, 3.8) is 0 Å². The van der Waals surface area contributed by atoms with E-state index >= 15 is 0 Å². The Morgan fingerprint density at radius 1 is 1.40 bits per heavy atom. The monoisotopic (exact) mass is 340 g/mol. The fourth-order valence-electron chi connectivity index (χ4n) is 4.06. The van der Waals surface area contributed by atoms with Crippen LogP contribution in [0.3, 0.4) is 0 Å². The number of halogens is 1. The Bertz CT molecular complexity index is 458. The highest BCUT2D eigenvalue weighted by Gasteiger charge is 2.41. The van der Waals surface area contributed by atoms with Crippen molar-refractivity contribution in [2.45, 2.75) is 63.7 Å². The molecule has 5 heteroatoms. The molecule has 2 fully saturated rings. The van der Waals surface area contributed by atoms with Crippen LogP contribution < -0.4 is 5.73 Å². The summed E-state index contributed by atoms with van der Waals surface area (Å²) in [7, 11) is 2.28. The minimum absolute atomic E-state index is 0.107. The molecule has 3 unspecified atom stereocenters. The highest BCUT2D eigenvalue weighted by atomic mass is 79.9. The van der Waals surface area contributed by atoms with Crippen molar-refractivity contribution in [2.75, 3.05) is 7.05 Å².